The average molecular weight is 265 g/mol. The highest BCUT2D eigenvalue weighted by atomic mass is 16.4. The van der Waals surface area contributed by atoms with Crippen molar-refractivity contribution in [2.24, 2.45) is 0 Å². The van der Waals surface area contributed by atoms with Crippen LogP contribution in [0.4, 0.5) is 0 Å². The number of carboxylic acid groups (broad SMARTS) is 1. The van der Waals surface area contributed by atoms with E-state index in [1.54, 1.807) is 6.07 Å². The van der Waals surface area contributed by atoms with Gasteiger partial charge in [0.25, 0.3) is 0 Å². The minimum Gasteiger partial charge on any atom is -0.478 e. The van der Waals surface area contributed by atoms with Crippen molar-refractivity contribution in [2.45, 2.75) is 26.4 Å². The number of aromatic nitrogens is 1. The molecule has 0 saturated carbocycles. The Hall–Kier alpha value is -1.33. The van der Waals surface area contributed by atoms with Crippen molar-refractivity contribution in [3.63, 3.8) is 0 Å². The number of carboxylic acids is 1. The van der Waals surface area contributed by atoms with Crippen LogP contribution >= 0.6 is 0 Å². The van der Waals surface area contributed by atoms with Crippen molar-refractivity contribution in [1.29, 1.82) is 0 Å². The maximum atomic E-state index is 11.2. The number of rotatable bonds is 3. The van der Waals surface area contributed by atoms with Crippen LogP contribution in [0.5, 0.6) is 0 Å². The molecule has 1 aliphatic rings. The Kier molecular flexibility index (Phi) is 3.96. The molecule has 5 nitrogen and oxygen atoms in total. The second-order valence-electron chi connectivity index (χ2n) is 5.60. The molecule has 1 atom stereocenters. The molecule has 0 aromatic carbocycles. The van der Waals surface area contributed by atoms with Gasteiger partial charge in [-0.15, -0.1) is 0 Å². The lowest BCUT2D eigenvalue weighted by Gasteiger charge is -2.38. The zero-order valence-corrected chi connectivity index (χ0v) is 12.2. The molecule has 1 fully saturated rings. The fourth-order valence-corrected chi connectivity index (χ4v) is 2.81. The molecule has 0 bridgehead atoms. The Labute approximate surface area is 114 Å². The Morgan fingerprint density at radius 1 is 1.37 bits per heavy atom. The number of likely N-dealkylation sites (N-methyl/N-ethyl adjacent to an activating group) is 2. The van der Waals surface area contributed by atoms with Gasteiger partial charge < -0.3 is 14.6 Å². The molecule has 2 rings (SSSR count). The average Bonchev–Trinajstić information content (AvgIpc) is 2.62. The van der Waals surface area contributed by atoms with E-state index in [4.69, 9.17) is 0 Å². The largest absolute Gasteiger partial charge is 0.478 e. The molecule has 5 heteroatoms. The van der Waals surface area contributed by atoms with E-state index in [-0.39, 0.29) is 0 Å². The molecule has 106 valence electrons. The number of piperazine rings is 1. The first-order chi connectivity index (χ1) is 8.90. The van der Waals surface area contributed by atoms with Gasteiger partial charge in [0.2, 0.25) is 0 Å². The summed E-state index contributed by atoms with van der Waals surface area (Å²) in [4.78, 5) is 15.9. The van der Waals surface area contributed by atoms with Crippen LogP contribution < -0.4 is 0 Å². The predicted octanol–water partition coefficient (Wildman–Crippen LogP) is 1.05. The van der Waals surface area contributed by atoms with E-state index in [2.05, 4.69) is 28.5 Å². The number of hydrogen-bond donors (Lipinski definition) is 1. The van der Waals surface area contributed by atoms with Gasteiger partial charge >= 0.3 is 5.97 Å². The van der Waals surface area contributed by atoms with E-state index in [1.165, 1.54) is 0 Å². The molecular formula is C14H23N3O2. The minimum atomic E-state index is -0.839. The van der Waals surface area contributed by atoms with Crippen molar-refractivity contribution in [2.75, 3.05) is 33.7 Å². The van der Waals surface area contributed by atoms with Gasteiger partial charge in [-0.3, -0.25) is 4.90 Å². The van der Waals surface area contributed by atoms with Crippen molar-refractivity contribution in [1.82, 2.24) is 14.4 Å². The molecule has 0 spiro atoms. The van der Waals surface area contributed by atoms with Gasteiger partial charge in [-0.2, -0.15) is 0 Å². The van der Waals surface area contributed by atoms with Crippen LogP contribution in [0, 0.1) is 13.8 Å². The van der Waals surface area contributed by atoms with E-state index < -0.39 is 5.97 Å². The van der Waals surface area contributed by atoms with Gasteiger partial charge in [0, 0.05) is 43.6 Å². The second-order valence-corrected chi connectivity index (χ2v) is 5.60. The first-order valence-corrected chi connectivity index (χ1v) is 6.69. The predicted molar refractivity (Wildman–Crippen MR) is 74.8 cm³/mol. The number of carbonyl (C=O) groups is 1. The first kappa shape index (κ1) is 14.1. The molecule has 0 amide bonds. The highest BCUT2D eigenvalue weighted by molar-refractivity contribution is 5.89. The van der Waals surface area contributed by atoms with Gasteiger partial charge in [0.05, 0.1) is 5.56 Å². The van der Waals surface area contributed by atoms with E-state index in [1.807, 2.05) is 13.8 Å². The van der Waals surface area contributed by atoms with Crippen LogP contribution in [-0.2, 0) is 6.54 Å². The summed E-state index contributed by atoms with van der Waals surface area (Å²) >= 11 is 0. The summed E-state index contributed by atoms with van der Waals surface area (Å²) in [6.45, 7) is 7.90. The zero-order chi connectivity index (χ0) is 14.2. The normalized spacial score (nSPS) is 21.8. The first-order valence-electron chi connectivity index (χ1n) is 6.69. The van der Waals surface area contributed by atoms with Crippen LogP contribution in [0.1, 0.15) is 21.7 Å². The summed E-state index contributed by atoms with van der Waals surface area (Å²) < 4.78 is 2.13. The standard InChI is InChI=1S/C14H23N3O2/c1-10-7-13(14(18)19)11(2)17(10)9-12-8-15(3)5-6-16(12)4/h7,12H,5-6,8-9H2,1-4H3,(H,18,19). The van der Waals surface area contributed by atoms with Crippen LogP contribution in [0.2, 0.25) is 0 Å². The molecular weight excluding hydrogens is 242 g/mol. The van der Waals surface area contributed by atoms with E-state index >= 15 is 0 Å². The van der Waals surface area contributed by atoms with Crippen molar-refractivity contribution < 1.29 is 9.90 Å². The summed E-state index contributed by atoms with van der Waals surface area (Å²) in [5.41, 5.74) is 2.30. The van der Waals surface area contributed by atoms with E-state index in [9.17, 15) is 9.90 Å². The maximum Gasteiger partial charge on any atom is 0.337 e. The molecule has 1 aromatic heterocycles. The molecule has 1 N–H and O–H groups in total. The third-order valence-corrected chi connectivity index (χ3v) is 4.18. The third kappa shape index (κ3) is 2.82. The SMILES string of the molecule is Cc1cc(C(=O)O)c(C)n1CC1CN(C)CCN1C. The summed E-state index contributed by atoms with van der Waals surface area (Å²) in [5, 5.41) is 9.17. The van der Waals surface area contributed by atoms with Gasteiger partial charge in [0.1, 0.15) is 0 Å². The second kappa shape index (κ2) is 5.35. The van der Waals surface area contributed by atoms with Gasteiger partial charge in [-0.25, -0.2) is 4.79 Å². The number of hydrogen-bond acceptors (Lipinski definition) is 3. The van der Waals surface area contributed by atoms with Crippen molar-refractivity contribution in [3.8, 4) is 0 Å². The Bertz CT molecular complexity index is 481. The molecule has 1 saturated heterocycles. The maximum absolute atomic E-state index is 11.2. The summed E-state index contributed by atoms with van der Waals surface area (Å²) in [6, 6.07) is 2.20. The Morgan fingerprint density at radius 2 is 2.05 bits per heavy atom. The van der Waals surface area contributed by atoms with E-state index in [0.717, 1.165) is 37.6 Å². The van der Waals surface area contributed by atoms with Crippen LogP contribution in [0.3, 0.4) is 0 Å². The van der Waals surface area contributed by atoms with Crippen LogP contribution in [-0.4, -0.2) is 65.2 Å². The minimum absolute atomic E-state index is 0.421. The smallest absolute Gasteiger partial charge is 0.337 e. The fraction of sp³-hybridized carbons (Fsp3) is 0.643. The molecule has 1 unspecified atom stereocenters. The van der Waals surface area contributed by atoms with Gasteiger partial charge in [-0.1, -0.05) is 0 Å². The molecule has 2 heterocycles. The topological polar surface area (TPSA) is 48.7 Å². The number of nitrogens with zero attached hydrogens (tertiary/aromatic N) is 3. The summed E-state index contributed by atoms with van der Waals surface area (Å²) in [5.74, 6) is -0.839. The Morgan fingerprint density at radius 3 is 2.63 bits per heavy atom. The molecule has 0 aliphatic carbocycles. The molecule has 0 radical (unpaired) electrons. The van der Waals surface area contributed by atoms with E-state index in [0.29, 0.717) is 11.6 Å². The van der Waals surface area contributed by atoms with Crippen LogP contribution in [0.15, 0.2) is 6.07 Å². The highest BCUT2D eigenvalue weighted by Crippen LogP contribution is 2.18. The fourth-order valence-electron chi connectivity index (χ4n) is 2.81. The van der Waals surface area contributed by atoms with Crippen molar-refractivity contribution >= 4 is 5.97 Å². The zero-order valence-electron chi connectivity index (χ0n) is 12.2. The molecule has 19 heavy (non-hydrogen) atoms. The summed E-state index contributed by atoms with van der Waals surface area (Å²) in [7, 11) is 4.28. The Balaban J connectivity index is 2.21. The lowest BCUT2D eigenvalue weighted by atomic mass is 10.2. The van der Waals surface area contributed by atoms with Gasteiger partial charge in [0.15, 0.2) is 0 Å². The van der Waals surface area contributed by atoms with Crippen molar-refractivity contribution in [3.05, 3.63) is 23.0 Å². The lowest BCUT2D eigenvalue weighted by Crippen LogP contribution is -2.51. The monoisotopic (exact) mass is 265 g/mol. The molecule has 1 aliphatic heterocycles. The number of aromatic carboxylic acids is 1. The quantitative estimate of drug-likeness (QED) is 0.887. The van der Waals surface area contributed by atoms with Gasteiger partial charge in [-0.05, 0) is 34.0 Å². The highest BCUT2D eigenvalue weighted by Gasteiger charge is 2.24. The molecule has 1 aromatic rings. The lowest BCUT2D eigenvalue weighted by molar-refractivity contribution is 0.0695. The number of aryl methyl sites for hydroxylation is 1. The van der Waals surface area contributed by atoms with Crippen LogP contribution in [0.25, 0.3) is 0 Å². The summed E-state index contributed by atoms with van der Waals surface area (Å²) in [6.07, 6.45) is 0. The third-order valence-electron chi connectivity index (χ3n) is 4.18.